The molecular weight excluding hydrogens is 312 g/mol. The maximum atomic E-state index is 6.37. The molecule has 3 heterocycles. The highest BCUT2D eigenvalue weighted by atomic mass is 16.6. The van der Waals surface area contributed by atoms with E-state index in [2.05, 4.69) is 64.0 Å². The third-order valence-electron chi connectivity index (χ3n) is 6.32. The lowest BCUT2D eigenvalue weighted by atomic mass is 10.1. The number of imidazole rings is 1. The maximum Gasteiger partial charge on any atom is 0.373 e. The molecule has 0 amide bonds. The van der Waals surface area contributed by atoms with Gasteiger partial charge in [0.05, 0.1) is 0 Å². The topological polar surface area (TPSA) is 27.3 Å². The number of nitrogens with zero attached hydrogens (tertiary/aromatic N) is 2. The van der Waals surface area contributed by atoms with Crippen molar-refractivity contribution in [3.63, 3.8) is 0 Å². The Morgan fingerprint density at radius 1 is 0.840 bits per heavy atom. The van der Waals surface area contributed by atoms with Crippen molar-refractivity contribution < 1.29 is 14.0 Å². The molecule has 0 radical (unpaired) electrons. The molecular formula is C21H17N2O2+. The van der Waals surface area contributed by atoms with Crippen LogP contribution in [0, 0.1) is 0 Å². The summed E-state index contributed by atoms with van der Waals surface area (Å²) in [6, 6.07) is 18.0. The van der Waals surface area contributed by atoms with E-state index in [0.29, 0.717) is 0 Å². The lowest BCUT2D eigenvalue weighted by Crippen LogP contribution is -2.38. The fourth-order valence-electron chi connectivity index (χ4n) is 5.31. The van der Waals surface area contributed by atoms with E-state index in [1.54, 1.807) is 0 Å². The van der Waals surface area contributed by atoms with E-state index >= 15 is 0 Å². The van der Waals surface area contributed by atoms with Crippen molar-refractivity contribution >= 4 is 0 Å². The second kappa shape index (κ2) is 4.07. The normalized spacial score (nSPS) is 29.1. The second-order valence-corrected chi connectivity index (χ2v) is 7.55. The fraction of sp³-hybridized carbons (Fsp3) is 0.286. The van der Waals surface area contributed by atoms with E-state index in [-0.39, 0.29) is 24.3 Å². The summed E-state index contributed by atoms with van der Waals surface area (Å²) in [6.45, 7) is 0. The Bertz CT molecular complexity index is 972. The molecule has 0 bridgehead atoms. The van der Waals surface area contributed by atoms with Crippen molar-refractivity contribution in [2.24, 2.45) is 0 Å². The van der Waals surface area contributed by atoms with E-state index < -0.39 is 0 Å². The Morgan fingerprint density at radius 2 is 1.56 bits per heavy atom. The van der Waals surface area contributed by atoms with Crippen LogP contribution in [0.3, 0.4) is 0 Å². The van der Waals surface area contributed by atoms with Gasteiger partial charge in [0, 0.05) is 24.0 Å². The first kappa shape index (κ1) is 12.6. The van der Waals surface area contributed by atoms with Crippen molar-refractivity contribution in [3.8, 4) is 11.8 Å². The minimum absolute atomic E-state index is 0.203. The Hall–Kier alpha value is -2.75. The zero-order valence-electron chi connectivity index (χ0n) is 13.6. The van der Waals surface area contributed by atoms with Crippen LogP contribution in [0.1, 0.15) is 34.3 Å². The molecule has 0 unspecified atom stereocenters. The number of ether oxygens (including phenoxy) is 2. The quantitative estimate of drug-likeness (QED) is 0.593. The van der Waals surface area contributed by atoms with Gasteiger partial charge in [0.1, 0.15) is 0 Å². The summed E-state index contributed by atoms with van der Waals surface area (Å²) in [4.78, 5) is 0. The second-order valence-electron chi connectivity index (χ2n) is 7.55. The highest BCUT2D eigenvalue weighted by Crippen LogP contribution is 2.50. The molecule has 2 aliphatic carbocycles. The minimum atomic E-state index is 0.203. The van der Waals surface area contributed by atoms with Gasteiger partial charge in [-0.25, -0.2) is 0 Å². The van der Waals surface area contributed by atoms with Gasteiger partial charge in [0.25, 0.3) is 6.33 Å². The smallest absolute Gasteiger partial charge is 0.373 e. The molecule has 0 spiro atoms. The predicted octanol–water partition coefficient (Wildman–Crippen LogP) is 2.59. The summed E-state index contributed by atoms with van der Waals surface area (Å²) in [5, 5.41) is 0. The van der Waals surface area contributed by atoms with Gasteiger partial charge < -0.3 is 9.47 Å². The SMILES string of the molecule is c1ccc2c(c1)C[C@H]1Oc3c4[n+](cn3[C@@H]21)[C@H]1c2ccccc2C[C@H]1O4. The molecule has 0 saturated carbocycles. The summed E-state index contributed by atoms with van der Waals surface area (Å²) in [7, 11) is 0. The van der Waals surface area contributed by atoms with Gasteiger partial charge in [0.15, 0.2) is 24.3 Å². The maximum absolute atomic E-state index is 6.37. The molecule has 0 saturated heterocycles. The first-order valence-corrected chi connectivity index (χ1v) is 9.03. The summed E-state index contributed by atoms with van der Waals surface area (Å²) in [5.41, 5.74) is 5.60. The lowest BCUT2D eigenvalue weighted by molar-refractivity contribution is -0.697. The van der Waals surface area contributed by atoms with Crippen LogP contribution in [0.5, 0.6) is 11.8 Å². The number of hydrogen-bond donors (Lipinski definition) is 0. The van der Waals surface area contributed by atoms with Crippen LogP contribution in [0.25, 0.3) is 0 Å². The van der Waals surface area contributed by atoms with E-state index in [0.717, 1.165) is 24.6 Å². The van der Waals surface area contributed by atoms with Crippen LogP contribution in [0.4, 0.5) is 0 Å². The van der Waals surface area contributed by atoms with Gasteiger partial charge in [-0.3, -0.25) is 0 Å². The van der Waals surface area contributed by atoms with E-state index in [1.165, 1.54) is 22.3 Å². The molecule has 0 fully saturated rings. The Kier molecular flexibility index (Phi) is 2.05. The standard InChI is InChI=1S/C21H17N2O2/c1-3-7-14-12(5-1)9-16-18(14)22-11-23-19-15-8-4-2-6-13(15)10-17(19)25-21(23)20(22)24-16/h1-8,11,16-19H,9-10H2/q+1/t16-,17-,18+,19+/m1/s1. The summed E-state index contributed by atoms with van der Waals surface area (Å²) < 4.78 is 17.3. The minimum Gasteiger partial charge on any atom is -0.448 e. The Morgan fingerprint density at radius 3 is 2.44 bits per heavy atom. The Labute approximate surface area is 145 Å². The van der Waals surface area contributed by atoms with Gasteiger partial charge in [0.2, 0.25) is 0 Å². The molecule has 1 aromatic heterocycles. The molecule has 2 aliphatic heterocycles. The van der Waals surface area contributed by atoms with Gasteiger partial charge in [-0.1, -0.05) is 48.5 Å². The van der Waals surface area contributed by atoms with Crippen molar-refractivity contribution in [1.29, 1.82) is 0 Å². The monoisotopic (exact) mass is 329 g/mol. The first-order valence-electron chi connectivity index (χ1n) is 9.03. The molecule has 0 N–H and O–H groups in total. The summed E-state index contributed by atoms with van der Waals surface area (Å²) >= 11 is 0. The summed E-state index contributed by atoms with van der Waals surface area (Å²) in [5.74, 6) is 1.83. The van der Waals surface area contributed by atoms with Crippen LogP contribution in [-0.4, -0.2) is 16.8 Å². The summed E-state index contributed by atoms with van der Waals surface area (Å²) in [6.07, 6.45) is 4.60. The number of benzene rings is 2. The Balaban J connectivity index is 1.39. The van der Waals surface area contributed by atoms with Crippen molar-refractivity contribution in [3.05, 3.63) is 77.1 Å². The highest BCUT2D eigenvalue weighted by Gasteiger charge is 2.55. The largest absolute Gasteiger partial charge is 0.448 e. The van der Waals surface area contributed by atoms with Crippen LogP contribution >= 0.6 is 0 Å². The lowest BCUT2D eigenvalue weighted by Gasteiger charge is -2.08. The molecule has 3 aromatic rings. The molecule has 7 rings (SSSR count). The van der Waals surface area contributed by atoms with Gasteiger partial charge in [-0.15, -0.1) is 0 Å². The van der Waals surface area contributed by atoms with Gasteiger partial charge in [-0.05, 0) is 11.1 Å². The molecule has 25 heavy (non-hydrogen) atoms. The zero-order valence-corrected chi connectivity index (χ0v) is 13.6. The van der Waals surface area contributed by atoms with Crippen LogP contribution in [0.2, 0.25) is 0 Å². The van der Waals surface area contributed by atoms with Gasteiger partial charge >= 0.3 is 11.8 Å². The first-order chi connectivity index (χ1) is 12.4. The highest BCUT2D eigenvalue weighted by molar-refractivity contribution is 5.44. The molecule has 2 aromatic carbocycles. The number of hydrogen-bond acceptors (Lipinski definition) is 2. The fourth-order valence-corrected chi connectivity index (χ4v) is 5.31. The zero-order chi connectivity index (χ0) is 16.1. The molecule has 4 aliphatic rings. The molecule has 4 heteroatoms. The third kappa shape index (κ3) is 1.39. The number of fused-ring (bicyclic) bond motifs is 11. The van der Waals surface area contributed by atoms with Crippen molar-refractivity contribution in [2.75, 3.05) is 0 Å². The predicted molar refractivity (Wildman–Crippen MR) is 90.0 cm³/mol. The molecule has 4 nitrogen and oxygen atoms in total. The molecule has 122 valence electrons. The van der Waals surface area contributed by atoms with E-state index in [9.17, 15) is 0 Å². The van der Waals surface area contributed by atoms with Crippen molar-refractivity contribution in [1.82, 2.24) is 4.57 Å². The van der Waals surface area contributed by atoms with Crippen LogP contribution in [0.15, 0.2) is 54.9 Å². The average molecular weight is 329 g/mol. The van der Waals surface area contributed by atoms with Crippen molar-refractivity contribution in [2.45, 2.75) is 37.1 Å². The van der Waals surface area contributed by atoms with Gasteiger partial charge in [-0.2, -0.15) is 9.13 Å². The number of rotatable bonds is 0. The van der Waals surface area contributed by atoms with Crippen LogP contribution in [-0.2, 0) is 12.8 Å². The molecule has 4 atom stereocenters. The third-order valence-corrected chi connectivity index (χ3v) is 6.32. The van der Waals surface area contributed by atoms with E-state index in [4.69, 9.17) is 9.47 Å². The van der Waals surface area contributed by atoms with Crippen LogP contribution < -0.4 is 14.0 Å². The average Bonchev–Trinajstić information content (AvgIpc) is 3.36. The van der Waals surface area contributed by atoms with E-state index in [1.807, 2.05) is 0 Å². The number of aromatic nitrogens is 2.